The molecule has 0 saturated heterocycles. The summed E-state index contributed by atoms with van der Waals surface area (Å²) >= 11 is 0. The molecule has 5 nitrogen and oxygen atoms in total. The van der Waals surface area contributed by atoms with Crippen LogP contribution >= 0.6 is 0 Å². The van der Waals surface area contributed by atoms with Gasteiger partial charge in [-0.2, -0.15) is 0 Å². The molecule has 2 aromatic rings. The van der Waals surface area contributed by atoms with Crippen LogP contribution in [0.1, 0.15) is 0 Å². The summed E-state index contributed by atoms with van der Waals surface area (Å²) in [5.74, 6) is -0.282. The monoisotopic (exact) mass is 234 g/mol. The first-order valence-electron chi connectivity index (χ1n) is 4.68. The number of nitro groups is 1. The lowest BCUT2D eigenvalue weighted by molar-refractivity contribution is -0.385. The molecule has 0 saturated carbocycles. The summed E-state index contributed by atoms with van der Waals surface area (Å²) in [6.45, 7) is 0. The molecule has 2 rings (SSSR count). The van der Waals surface area contributed by atoms with Crippen molar-refractivity contribution in [3.8, 4) is 11.5 Å². The van der Waals surface area contributed by atoms with Gasteiger partial charge in [-0.1, -0.05) is 0 Å². The van der Waals surface area contributed by atoms with E-state index in [1.165, 1.54) is 6.20 Å². The second-order valence-corrected chi connectivity index (χ2v) is 3.19. The van der Waals surface area contributed by atoms with Gasteiger partial charge in [0.05, 0.1) is 23.3 Å². The third-order valence-electron chi connectivity index (χ3n) is 1.94. The predicted molar refractivity (Wildman–Crippen MR) is 57.4 cm³/mol. The van der Waals surface area contributed by atoms with Crippen molar-refractivity contribution in [3.63, 3.8) is 0 Å². The molecular weight excluding hydrogens is 227 g/mol. The number of hydrogen-bond acceptors (Lipinski definition) is 4. The Morgan fingerprint density at radius 2 is 2.12 bits per heavy atom. The van der Waals surface area contributed by atoms with Gasteiger partial charge in [0.15, 0.2) is 0 Å². The third-order valence-corrected chi connectivity index (χ3v) is 1.94. The zero-order chi connectivity index (χ0) is 12.3. The first-order chi connectivity index (χ1) is 8.15. The van der Waals surface area contributed by atoms with Crippen LogP contribution in [0.3, 0.4) is 0 Å². The number of ether oxygens (including phenoxy) is 1. The molecule has 0 radical (unpaired) electrons. The first kappa shape index (κ1) is 11.0. The van der Waals surface area contributed by atoms with Gasteiger partial charge in [0.25, 0.3) is 5.69 Å². The molecule has 0 unspecified atom stereocenters. The van der Waals surface area contributed by atoms with E-state index >= 15 is 0 Å². The number of aromatic nitrogens is 1. The van der Waals surface area contributed by atoms with E-state index in [0.29, 0.717) is 5.75 Å². The van der Waals surface area contributed by atoms with Gasteiger partial charge >= 0.3 is 0 Å². The molecule has 0 aliphatic carbocycles. The van der Waals surface area contributed by atoms with Gasteiger partial charge in [-0.15, -0.1) is 0 Å². The average molecular weight is 234 g/mol. The zero-order valence-corrected chi connectivity index (χ0v) is 8.54. The van der Waals surface area contributed by atoms with Crippen LogP contribution in [-0.2, 0) is 0 Å². The zero-order valence-electron chi connectivity index (χ0n) is 8.54. The molecule has 17 heavy (non-hydrogen) atoms. The Balaban J connectivity index is 2.30. The molecule has 0 bridgehead atoms. The normalized spacial score (nSPS) is 9.94. The minimum absolute atomic E-state index is 0.0599. The van der Waals surface area contributed by atoms with Gasteiger partial charge in [-0.3, -0.25) is 15.1 Å². The van der Waals surface area contributed by atoms with Gasteiger partial charge in [0.1, 0.15) is 17.3 Å². The van der Waals surface area contributed by atoms with Gasteiger partial charge in [0, 0.05) is 12.3 Å². The van der Waals surface area contributed by atoms with E-state index in [2.05, 4.69) is 4.98 Å². The number of hydrogen-bond donors (Lipinski definition) is 0. The van der Waals surface area contributed by atoms with E-state index in [1.54, 1.807) is 18.3 Å². The maximum atomic E-state index is 13.1. The smallest absolute Gasteiger partial charge is 0.276 e. The van der Waals surface area contributed by atoms with Crippen molar-refractivity contribution in [1.82, 2.24) is 4.98 Å². The van der Waals surface area contributed by atoms with Crippen LogP contribution < -0.4 is 4.74 Å². The molecular formula is C11H7FN2O3. The summed E-state index contributed by atoms with van der Waals surface area (Å²) in [6.07, 6.45) is 2.98. The summed E-state index contributed by atoms with van der Waals surface area (Å²) in [6, 6.07) is 6.30. The first-order valence-corrected chi connectivity index (χ1v) is 4.68. The molecule has 0 spiro atoms. The van der Waals surface area contributed by atoms with Gasteiger partial charge in [-0.05, 0) is 12.1 Å². The van der Waals surface area contributed by atoms with E-state index in [0.717, 1.165) is 18.2 Å². The van der Waals surface area contributed by atoms with Crippen molar-refractivity contribution >= 4 is 5.69 Å². The Labute approximate surface area is 95.6 Å². The maximum Gasteiger partial charge on any atom is 0.276 e. The molecule has 6 heteroatoms. The molecule has 0 atom stereocenters. The maximum absolute atomic E-state index is 13.1. The van der Waals surface area contributed by atoms with Crippen LogP contribution in [0.5, 0.6) is 11.5 Å². The lowest BCUT2D eigenvalue weighted by Crippen LogP contribution is -1.91. The Morgan fingerprint density at radius 1 is 1.29 bits per heavy atom. The third kappa shape index (κ3) is 2.75. The molecule has 1 heterocycles. The summed E-state index contributed by atoms with van der Waals surface area (Å²) in [4.78, 5) is 13.7. The van der Waals surface area contributed by atoms with E-state index in [-0.39, 0.29) is 11.4 Å². The minimum Gasteiger partial charge on any atom is -0.455 e. The summed E-state index contributed by atoms with van der Waals surface area (Å²) < 4.78 is 18.3. The van der Waals surface area contributed by atoms with Gasteiger partial charge in [0.2, 0.25) is 0 Å². The van der Waals surface area contributed by atoms with E-state index in [9.17, 15) is 14.5 Å². The van der Waals surface area contributed by atoms with Crippen LogP contribution in [0, 0.1) is 15.9 Å². The lowest BCUT2D eigenvalue weighted by Gasteiger charge is -2.04. The predicted octanol–water partition coefficient (Wildman–Crippen LogP) is 2.92. The number of non-ortho nitro benzene ring substituents is 1. The van der Waals surface area contributed by atoms with Crippen LogP contribution in [0.15, 0.2) is 42.7 Å². The summed E-state index contributed by atoms with van der Waals surface area (Å²) in [5, 5.41) is 10.5. The Kier molecular flexibility index (Phi) is 2.95. The van der Waals surface area contributed by atoms with Crippen molar-refractivity contribution in [2.75, 3.05) is 0 Å². The molecule has 0 fully saturated rings. The molecule has 0 aliphatic rings. The topological polar surface area (TPSA) is 65.3 Å². The highest BCUT2D eigenvalue weighted by atomic mass is 19.1. The fourth-order valence-electron chi connectivity index (χ4n) is 1.26. The number of benzene rings is 1. The highest BCUT2D eigenvalue weighted by Gasteiger charge is 2.11. The molecule has 0 N–H and O–H groups in total. The number of pyridine rings is 1. The van der Waals surface area contributed by atoms with Crippen LogP contribution in [0.2, 0.25) is 0 Å². The highest BCUT2D eigenvalue weighted by molar-refractivity contribution is 5.40. The quantitative estimate of drug-likeness (QED) is 0.605. The van der Waals surface area contributed by atoms with Crippen molar-refractivity contribution in [2.45, 2.75) is 0 Å². The van der Waals surface area contributed by atoms with Gasteiger partial charge in [-0.25, -0.2) is 4.39 Å². The Hall–Kier alpha value is -2.50. The fraction of sp³-hybridized carbons (Fsp3) is 0. The number of halogens is 1. The van der Waals surface area contributed by atoms with Crippen molar-refractivity contribution < 1.29 is 14.1 Å². The SMILES string of the molecule is O=[N+]([O-])c1cc(F)cc(Oc2cccnc2)c1. The average Bonchev–Trinajstić information content (AvgIpc) is 2.29. The Bertz CT molecular complexity index is 546. The number of nitro benzene ring substituents is 1. The van der Waals surface area contributed by atoms with E-state index < -0.39 is 10.7 Å². The summed E-state index contributed by atoms with van der Waals surface area (Å²) in [5.41, 5.74) is -0.358. The van der Waals surface area contributed by atoms with Crippen LogP contribution in [-0.4, -0.2) is 9.91 Å². The van der Waals surface area contributed by atoms with Crippen LogP contribution in [0.4, 0.5) is 10.1 Å². The standard InChI is InChI=1S/C11H7FN2O3/c12-8-4-9(14(15)16)6-11(5-8)17-10-2-1-3-13-7-10/h1-7H. The second-order valence-electron chi connectivity index (χ2n) is 3.19. The van der Waals surface area contributed by atoms with E-state index in [4.69, 9.17) is 4.74 Å². The van der Waals surface area contributed by atoms with Crippen molar-refractivity contribution in [2.24, 2.45) is 0 Å². The molecule has 0 amide bonds. The van der Waals surface area contributed by atoms with E-state index in [1.807, 2.05) is 0 Å². The molecule has 0 aliphatic heterocycles. The second kappa shape index (κ2) is 4.56. The van der Waals surface area contributed by atoms with Gasteiger partial charge < -0.3 is 4.74 Å². The number of nitrogens with zero attached hydrogens (tertiary/aromatic N) is 2. The van der Waals surface area contributed by atoms with Crippen molar-refractivity contribution in [1.29, 1.82) is 0 Å². The lowest BCUT2D eigenvalue weighted by atomic mass is 10.3. The number of rotatable bonds is 3. The molecule has 86 valence electrons. The largest absolute Gasteiger partial charge is 0.455 e. The van der Waals surface area contributed by atoms with Crippen molar-refractivity contribution in [3.05, 3.63) is 58.7 Å². The molecule has 1 aromatic heterocycles. The van der Waals surface area contributed by atoms with Crippen LogP contribution in [0.25, 0.3) is 0 Å². The fourth-order valence-corrected chi connectivity index (χ4v) is 1.26. The minimum atomic E-state index is -0.724. The summed E-state index contributed by atoms with van der Waals surface area (Å²) in [7, 11) is 0. The molecule has 1 aromatic carbocycles. The Morgan fingerprint density at radius 3 is 2.76 bits per heavy atom. The highest BCUT2D eigenvalue weighted by Crippen LogP contribution is 2.26.